The van der Waals surface area contributed by atoms with E-state index in [1.165, 1.54) is 0 Å². The number of hydrogen-bond donors (Lipinski definition) is 0. The van der Waals surface area contributed by atoms with Crippen LogP contribution < -0.4 is 19.3 Å². The van der Waals surface area contributed by atoms with E-state index in [2.05, 4.69) is 94.7 Å². The molecule has 0 aliphatic heterocycles. The van der Waals surface area contributed by atoms with Crippen molar-refractivity contribution in [3.63, 3.8) is 0 Å². The molecule has 0 unspecified atom stereocenters. The Kier molecular flexibility index (Phi) is 12.4. The van der Waals surface area contributed by atoms with Crippen LogP contribution in [0.5, 0.6) is 11.5 Å². The summed E-state index contributed by atoms with van der Waals surface area (Å²) in [7, 11) is 0. The fraction of sp³-hybridized carbons (Fsp3) is 0.0769. The molecule has 0 atom stereocenters. The first-order chi connectivity index (χ1) is 28.6. The van der Waals surface area contributed by atoms with Gasteiger partial charge in [0.05, 0.1) is 36.5 Å². The van der Waals surface area contributed by atoms with Crippen molar-refractivity contribution in [2.45, 2.75) is 13.8 Å². The minimum atomic E-state index is 0.487. The average molecular weight is 755 g/mol. The van der Waals surface area contributed by atoms with Gasteiger partial charge in [-0.2, -0.15) is 10.5 Å². The number of hydrogen-bond acceptors (Lipinski definition) is 6. The fourth-order valence-electron chi connectivity index (χ4n) is 6.71. The number of nitrogens with zero attached hydrogens (tertiary/aromatic N) is 4. The third-order valence-electron chi connectivity index (χ3n) is 9.52. The highest BCUT2D eigenvalue weighted by Gasteiger charge is 2.14. The second-order valence-corrected chi connectivity index (χ2v) is 13.3. The summed E-state index contributed by atoms with van der Waals surface area (Å²) in [6.45, 7) is 5.18. The first kappa shape index (κ1) is 38.5. The van der Waals surface area contributed by atoms with Gasteiger partial charge in [-0.25, -0.2) is 0 Å². The molecule has 0 aliphatic rings. The van der Waals surface area contributed by atoms with Crippen LogP contribution >= 0.6 is 0 Å². The molecule has 7 aromatic rings. The number of nitriles is 2. The molecule has 0 aliphatic carbocycles. The highest BCUT2D eigenvalue weighted by atomic mass is 16.5. The minimum absolute atomic E-state index is 0.487. The Labute approximate surface area is 341 Å². The molecule has 0 N–H and O–H groups in total. The molecule has 58 heavy (non-hydrogen) atoms. The molecular weight excluding hydrogens is 713 g/mol. The van der Waals surface area contributed by atoms with Gasteiger partial charge in [-0.3, -0.25) is 0 Å². The Balaban J connectivity index is 1.09. The van der Waals surface area contributed by atoms with Crippen LogP contribution in [0.3, 0.4) is 0 Å². The van der Waals surface area contributed by atoms with Gasteiger partial charge in [-0.15, -0.1) is 0 Å². The summed E-state index contributed by atoms with van der Waals surface area (Å²) in [5, 5.41) is 20.3. The van der Waals surface area contributed by atoms with Gasteiger partial charge in [0.15, 0.2) is 0 Å². The molecule has 0 amide bonds. The van der Waals surface area contributed by atoms with E-state index in [4.69, 9.17) is 9.47 Å². The lowest BCUT2D eigenvalue weighted by Crippen LogP contribution is -2.09. The second-order valence-electron chi connectivity index (χ2n) is 13.3. The van der Waals surface area contributed by atoms with Gasteiger partial charge in [-0.1, -0.05) is 85.0 Å². The first-order valence-electron chi connectivity index (χ1n) is 19.3. The first-order valence-corrected chi connectivity index (χ1v) is 19.3. The number of benzene rings is 7. The van der Waals surface area contributed by atoms with E-state index in [0.717, 1.165) is 56.8 Å². The van der Waals surface area contributed by atoms with Gasteiger partial charge in [0, 0.05) is 34.1 Å². The third-order valence-corrected chi connectivity index (χ3v) is 9.52. The van der Waals surface area contributed by atoms with Crippen LogP contribution in [0.4, 0.5) is 34.1 Å². The number of anilines is 6. The lowest BCUT2D eigenvalue weighted by atomic mass is 9.97. The van der Waals surface area contributed by atoms with Crippen LogP contribution in [0.25, 0.3) is 24.3 Å². The summed E-state index contributed by atoms with van der Waals surface area (Å²) < 4.78 is 11.3. The quantitative estimate of drug-likeness (QED) is 0.103. The smallest absolute Gasteiger partial charge is 0.119 e. The highest BCUT2D eigenvalue weighted by molar-refractivity contribution is 5.82. The Hall–Kier alpha value is -7.80. The molecule has 7 aromatic carbocycles. The summed E-state index contributed by atoms with van der Waals surface area (Å²) in [5.41, 5.74) is 10.4. The van der Waals surface area contributed by atoms with E-state index < -0.39 is 0 Å². The zero-order chi connectivity index (χ0) is 40.1. The van der Waals surface area contributed by atoms with Crippen molar-refractivity contribution < 1.29 is 9.47 Å². The molecule has 0 radical (unpaired) electrons. The van der Waals surface area contributed by atoms with Crippen LogP contribution in [-0.4, -0.2) is 13.2 Å². The standard InChI is InChI=1S/C52H42N4O2/c1-3-57-51-31-27-49(28-32-51)55(45-11-7-5-8-12-45)47-23-17-39(18-24-47)15-21-41-35-44(38-54)42(36-43(41)37-53)22-16-40-19-25-48(26-20-40)56(46-13-9-6-10-14-46)50-29-33-52(34-30-50)58-4-2/h5-36H,3-4H2,1-2H3/b21-15-,22-16+. The summed E-state index contributed by atoms with van der Waals surface area (Å²) in [6, 6.07) is 61.4. The van der Waals surface area contributed by atoms with E-state index in [9.17, 15) is 10.5 Å². The summed E-state index contributed by atoms with van der Waals surface area (Å²) in [6.07, 6.45) is 7.72. The monoisotopic (exact) mass is 754 g/mol. The summed E-state index contributed by atoms with van der Waals surface area (Å²) in [4.78, 5) is 4.39. The molecule has 0 saturated heterocycles. The molecule has 0 aromatic heterocycles. The van der Waals surface area contributed by atoms with Crippen molar-refractivity contribution in [2.75, 3.05) is 23.0 Å². The van der Waals surface area contributed by atoms with E-state index >= 15 is 0 Å². The maximum Gasteiger partial charge on any atom is 0.119 e. The van der Waals surface area contributed by atoms with E-state index in [-0.39, 0.29) is 0 Å². The Morgan fingerprint density at radius 1 is 0.414 bits per heavy atom. The normalized spacial score (nSPS) is 10.9. The van der Waals surface area contributed by atoms with Gasteiger partial charge in [0.2, 0.25) is 0 Å². The largest absolute Gasteiger partial charge is 0.494 e. The van der Waals surface area contributed by atoms with Crippen molar-refractivity contribution in [1.29, 1.82) is 10.5 Å². The van der Waals surface area contributed by atoms with E-state index in [0.29, 0.717) is 35.5 Å². The molecule has 6 nitrogen and oxygen atoms in total. The van der Waals surface area contributed by atoms with Gasteiger partial charge < -0.3 is 19.3 Å². The summed E-state index contributed by atoms with van der Waals surface area (Å²) in [5.74, 6) is 1.66. The van der Waals surface area contributed by atoms with Crippen LogP contribution in [0, 0.1) is 22.7 Å². The molecule has 0 bridgehead atoms. The van der Waals surface area contributed by atoms with Crippen LogP contribution in [0.2, 0.25) is 0 Å². The Bertz CT molecular complexity index is 2380. The number of para-hydroxylation sites is 2. The average Bonchev–Trinajstić information content (AvgIpc) is 3.28. The van der Waals surface area contributed by atoms with Crippen molar-refractivity contribution in [2.24, 2.45) is 0 Å². The van der Waals surface area contributed by atoms with Crippen LogP contribution in [-0.2, 0) is 0 Å². The predicted octanol–water partition coefficient (Wildman–Crippen LogP) is 13.5. The Morgan fingerprint density at radius 3 is 1.03 bits per heavy atom. The molecule has 0 spiro atoms. The molecule has 7 rings (SSSR count). The van der Waals surface area contributed by atoms with Crippen LogP contribution in [0.1, 0.15) is 47.2 Å². The zero-order valence-electron chi connectivity index (χ0n) is 32.5. The van der Waals surface area contributed by atoms with Crippen molar-refractivity contribution in [3.05, 3.63) is 203 Å². The topological polar surface area (TPSA) is 72.5 Å². The van der Waals surface area contributed by atoms with Gasteiger partial charge >= 0.3 is 0 Å². The lowest BCUT2D eigenvalue weighted by molar-refractivity contribution is 0.340. The summed E-state index contributed by atoms with van der Waals surface area (Å²) >= 11 is 0. The highest BCUT2D eigenvalue weighted by Crippen LogP contribution is 2.37. The zero-order valence-corrected chi connectivity index (χ0v) is 32.5. The van der Waals surface area contributed by atoms with E-state index in [1.54, 1.807) is 12.1 Å². The number of ether oxygens (including phenoxy) is 2. The fourth-order valence-corrected chi connectivity index (χ4v) is 6.71. The van der Waals surface area contributed by atoms with Gasteiger partial charge in [0.1, 0.15) is 11.5 Å². The van der Waals surface area contributed by atoms with Crippen molar-refractivity contribution in [1.82, 2.24) is 0 Å². The SMILES string of the molecule is CCOc1ccc(N(c2ccccc2)c2ccc(/C=C\c3cc(C#N)c(/C=C/c4ccc(N(c5ccccc5)c5ccc(OCC)cc5)cc4)cc3C#N)cc2)cc1. The minimum Gasteiger partial charge on any atom is -0.494 e. The van der Waals surface area contributed by atoms with Crippen molar-refractivity contribution >= 4 is 58.4 Å². The van der Waals surface area contributed by atoms with Crippen molar-refractivity contribution in [3.8, 4) is 23.6 Å². The molecule has 282 valence electrons. The van der Waals surface area contributed by atoms with E-state index in [1.807, 2.05) is 123 Å². The number of rotatable bonds is 14. The molecule has 0 saturated carbocycles. The van der Waals surface area contributed by atoms with Gasteiger partial charge in [-0.05, 0) is 145 Å². The predicted molar refractivity (Wildman–Crippen MR) is 238 cm³/mol. The molecule has 6 heteroatoms. The third kappa shape index (κ3) is 9.17. The van der Waals surface area contributed by atoms with Gasteiger partial charge in [0.25, 0.3) is 0 Å². The lowest BCUT2D eigenvalue weighted by Gasteiger charge is -2.25. The second kappa shape index (κ2) is 18.7. The Morgan fingerprint density at radius 2 is 0.724 bits per heavy atom. The maximum atomic E-state index is 10.1. The molecule has 0 fully saturated rings. The molecule has 0 heterocycles. The maximum absolute atomic E-state index is 10.1. The molecular formula is C52H42N4O2. The van der Waals surface area contributed by atoms with Crippen LogP contribution in [0.15, 0.2) is 170 Å².